The average molecular weight is 411 g/mol. The standard InChI is InChI=1S/C19H20F3N3O4/c1-2-11-29-17-8-7-13(19(20,21)22)12-15(17)24-18(26)9-10-23-14-5-3-4-6-16(14)25(27)28/h3-8,12,23H,2,9-11H2,1H3,(H,24,26). The molecule has 2 rings (SSSR count). The topological polar surface area (TPSA) is 93.5 Å². The first-order chi connectivity index (χ1) is 13.7. The molecular weight excluding hydrogens is 391 g/mol. The van der Waals surface area contributed by atoms with Crippen molar-refractivity contribution in [2.45, 2.75) is 25.9 Å². The van der Waals surface area contributed by atoms with Crippen molar-refractivity contribution in [2.24, 2.45) is 0 Å². The number of anilines is 2. The number of halogens is 3. The molecule has 0 aliphatic carbocycles. The van der Waals surface area contributed by atoms with Gasteiger partial charge in [0.15, 0.2) is 0 Å². The highest BCUT2D eigenvalue weighted by atomic mass is 19.4. The molecule has 0 heterocycles. The lowest BCUT2D eigenvalue weighted by atomic mass is 10.1. The van der Waals surface area contributed by atoms with Crippen LogP contribution in [0.4, 0.5) is 30.2 Å². The van der Waals surface area contributed by atoms with Crippen LogP contribution in [-0.2, 0) is 11.0 Å². The molecule has 0 spiro atoms. The van der Waals surface area contributed by atoms with Crippen LogP contribution in [0, 0.1) is 10.1 Å². The number of nitrogens with one attached hydrogen (secondary N) is 2. The van der Waals surface area contributed by atoms with Gasteiger partial charge in [-0.05, 0) is 30.7 Å². The van der Waals surface area contributed by atoms with Crippen molar-refractivity contribution in [3.05, 3.63) is 58.1 Å². The summed E-state index contributed by atoms with van der Waals surface area (Å²) in [6, 6.07) is 8.81. The van der Waals surface area contributed by atoms with Gasteiger partial charge in [-0.15, -0.1) is 0 Å². The number of hydrogen-bond donors (Lipinski definition) is 2. The van der Waals surface area contributed by atoms with Crippen molar-refractivity contribution in [3.8, 4) is 5.75 Å². The molecule has 2 aromatic carbocycles. The summed E-state index contributed by atoms with van der Waals surface area (Å²) in [7, 11) is 0. The van der Waals surface area contributed by atoms with Gasteiger partial charge in [-0.25, -0.2) is 0 Å². The Labute approximate surface area is 165 Å². The molecule has 7 nitrogen and oxygen atoms in total. The number of alkyl halides is 3. The van der Waals surface area contributed by atoms with Gasteiger partial charge >= 0.3 is 6.18 Å². The zero-order valence-corrected chi connectivity index (χ0v) is 15.6. The van der Waals surface area contributed by atoms with Crippen LogP contribution in [-0.4, -0.2) is 24.0 Å². The quantitative estimate of drug-likeness (QED) is 0.455. The Hall–Kier alpha value is -3.30. The number of hydrogen-bond acceptors (Lipinski definition) is 5. The van der Waals surface area contributed by atoms with Crippen molar-refractivity contribution in [1.82, 2.24) is 0 Å². The Balaban J connectivity index is 2.04. The summed E-state index contributed by atoms with van der Waals surface area (Å²) in [6.07, 6.45) is -4.03. The predicted octanol–water partition coefficient (Wildman–Crippen LogP) is 4.84. The highest BCUT2D eigenvalue weighted by Crippen LogP contribution is 2.35. The van der Waals surface area contributed by atoms with E-state index in [1.165, 1.54) is 24.3 Å². The van der Waals surface area contributed by atoms with Crippen LogP contribution in [0.1, 0.15) is 25.3 Å². The molecule has 1 amide bonds. The summed E-state index contributed by atoms with van der Waals surface area (Å²) < 4.78 is 44.3. The van der Waals surface area contributed by atoms with Gasteiger partial charge in [0.1, 0.15) is 11.4 Å². The van der Waals surface area contributed by atoms with E-state index in [1.807, 2.05) is 6.92 Å². The van der Waals surface area contributed by atoms with E-state index in [4.69, 9.17) is 4.74 Å². The van der Waals surface area contributed by atoms with Crippen LogP contribution in [0.2, 0.25) is 0 Å². The minimum atomic E-state index is -4.56. The number of rotatable bonds is 9. The van der Waals surface area contributed by atoms with Crippen molar-refractivity contribution >= 4 is 23.0 Å². The fourth-order valence-corrected chi connectivity index (χ4v) is 2.45. The van der Waals surface area contributed by atoms with E-state index in [0.29, 0.717) is 6.42 Å². The predicted molar refractivity (Wildman–Crippen MR) is 102 cm³/mol. The fourth-order valence-electron chi connectivity index (χ4n) is 2.45. The average Bonchev–Trinajstić information content (AvgIpc) is 2.66. The molecule has 0 saturated carbocycles. The molecule has 0 fully saturated rings. The number of nitro groups is 1. The van der Waals surface area contributed by atoms with E-state index in [0.717, 1.165) is 12.1 Å². The highest BCUT2D eigenvalue weighted by Gasteiger charge is 2.31. The zero-order chi connectivity index (χ0) is 21.4. The van der Waals surface area contributed by atoms with E-state index in [2.05, 4.69) is 10.6 Å². The number of nitrogens with zero attached hydrogens (tertiary/aromatic N) is 1. The summed E-state index contributed by atoms with van der Waals surface area (Å²) >= 11 is 0. The molecule has 156 valence electrons. The molecule has 10 heteroatoms. The van der Waals surface area contributed by atoms with Gasteiger partial charge in [-0.2, -0.15) is 13.2 Å². The monoisotopic (exact) mass is 411 g/mol. The first-order valence-electron chi connectivity index (χ1n) is 8.83. The first-order valence-corrected chi connectivity index (χ1v) is 8.83. The van der Waals surface area contributed by atoms with Crippen LogP contribution in [0.3, 0.4) is 0 Å². The number of carbonyl (C=O) groups excluding carboxylic acids is 1. The molecule has 0 aliphatic rings. The fraction of sp³-hybridized carbons (Fsp3) is 0.316. The van der Waals surface area contributed by atoms with E-state index in [1.54, 1.807) is 6.07 Å². The van der Waals surface area contributed by atoms with Crippen molar-refractivity contribution in [1.29, 1.82) is 0 Å². The van der Waals surface area contributed by atoms with Gasteiger partial charge < -0.3 is 15.4 Å². The minimum absolute atomic E-state index is 0.0563. The molecule has 2 aromatic rings. The van der Waals surface area contributed by atoms with Crippen LogP contribution in [0.25, 0.3) is 0 Å². The molecule has 0 aliphatic heterocycles. The number of ether oxygens (including phenoxy) is 1. The number of para-hydroxylation sites is 2. The molecule has 0 radical (unpaired) electrons. The lowest BCUT2D eigenvalue weighted by molar-refractivity contribution is -0.384. The van der Waals surface area contributed by atoms with E-state index >= 15 is 0 Å². The molecule has 0 atom stereocenters. The number of benzene rings is 2. The van der Waals surface area contributed by atoms with Crippen LogP contribution < -0.4 is 15.4 Å². The molecule has 0 bridgehead atoms. The Bertz CT molecular complexity index is 872. The number of carbonyl (C=O) groups is 1. The van der Waals surface area contributed by atoms with Gasteiger partial charge in [-0.3, -0.25) is 14.9 Å². The molecule has 0 saturated heterocycles. The maximum absolute atomic E-state index is 13.0. The van der Waals surface area contributed by atoms with Crippen LogP contribution in [0.5, 0.6) is 5.75 Å². The lowest BCUT2D eigenvalue weighted by Gasteiger charge is -2.15. The third kappa shape index (κ3) is 6.37. The number of nitro benzene ring substituents is 1. The summed E-state index contributed by atoms with van der Waals surface area (Å²) in [5, 5.41) is 16.2. The van der Waals surface area contributed by atoms with E-state index < -0.39 is 22.6 Å². The normalized spacial score (nSPS) is 11.0. The summed E-state index contributed by atoms with van der Waals surface area (Å²) in [6.45, 7) is 2.19. The Morgan fingerprint density at radius 2 is 1.90 bits per heavy atom. The smallest absolute Gasteiger partial charge is 0.416 e. The molecule has 0 unspecified atom stereocenters. The highest BCUT2D eigenvalue weighted by molar-refractivity contribution is 5.92. The SMILES string of the molecule is CCCOc1ccc(C(F)(F)F)cc1NC(=O)CCNc1ccccc1[N+](=O)[O-]. The van der Waals surface area contributed by atoms with Crippen molar-refractivity contribution < 1.29 is 27.6 Å². The van der Waals surface area contributed by atoms with Crippen molar-refractivity contribution in [3.63, 3.8) is 0 Å². The molecule has 2 N–H and O–H groups in total. The van der Waals surface area contributed by atoms with Gasteiger partial charge in [0, 0.05) is 19.0 Å². The van der Waals surface area contributed by atoms with Crippen LogP contribution in [0.15, 0.2) is 42.5 Å². The second-order valence-corrected chi connectivity index (χ2v) is 6.06. The summed E-state index contributed by atoms with van der Waals surface area (Å²) in [5.74, 6) is -0.420. The van der Waals surface area contributed by atoms with Gasteiger partial charge in [0.25, 0.3) is 5.69 Å². The molecule has 29 heavy (non-hydrogen) atoms. The van der Waals surface area contributed by atoms with Gasteiger partial charge in [0.2, 0.25) is 5.91 Å². The minimum Gasteiger partial charge on any atom is -0.491 e. The number of amides is 1. The van der Waals surface area contributed by atoms with E-state index in [9.17, 15) is 28.1 Å². The largest absolute Gasteiger partial charge is 0.491 e. The molecular formula is C19H20F3N3O4. The third-order valence-electron chi connectivity index (χ3n) is 3.81. The van der Waals surface area contributed by atoms with Gasteiger partial charge in [-0.1, -0.05) is 19.1 Å². The summed E-state index contributed by atoms with van der Waals surface area (Å²) in [4.78, 5) is 22.6. The van der Waals surface area contributed by atoms with E-state index in [-0.39, 0.29) is 42.4 Å². The molecule has 0 aromatic heterocycles. The second kappa shape index (κ2) is 9.76. The summed E-state index contributed by atoms with van der Waals surface area (Å²) in [5.41, 5.74) is -0.879. The maximum Gasteiger partial charge on any atom is 0.416 e. The Morgan fingerprint density at radius 3 is 2.55 bits per heavy atom. The van der Waals surface area contributed by atoms with Crippen molar-refractivity contribution in [2.75, 3.05) is 23.8 Å². The Kier molecular flexibility index (Phi) is 7.40. The third-order valence-corrected chi connectivity index (χ3v) is 3.81. The lowest BCUT2D eigenvalue weighted by Crippen LogP contribution is -2.18. The van der Waals surface area contributed by atoms with Gasteiger partial charge in [0.05, 0.1) is 22.8 Å². The van der Waals surface area contributed by atoms with Crippen LogP contribution >= 0.6 is 0 Å². The second-order valence-electron chi connectivity index (χ2n) is 6.06. The zero-order valence-electron chi connectivity index (χ0n) is 15.6. The maximum atomic E-state index is 13.0. The first kappa shape index (κ1) is 22.0. The Morgan fingerprint density at radius 1 is 1.17 bits per heavy atom.